The molecule has 0 fully saturated rings. The fourth-order valence-electron chi connectivity index (χ4n) is 3.80. The number of H-pyrrole nitrogens is 1. The van der Waals surface area contributed by atoms with Gasteiger partial charge in [0.2, 0.25) is 5.95 Å². The van der Waals surface area contributed by atoms with Gasteiger partial charge in [0.25, 0.3) is 10.1 Å². The Labute approximate surface area is 214 Å². The van der Waals surface area contributed by atoms with Gasteiger partial charge in [0.15, 0.2) is 0 Å². The number of fused-ring (bicyclic) bond motifs is 1. The first-order valence-electron chi connectivity index (χ1n) is 12.7. The summed E-state index contributed by atoms with van der Waals surface area (Å²) in [5.74, 6) is 0.387. The molecule has 2 aromatic carbocycles. The van der Waals surface area contributed by atoms with Crippen LogP contribution in [0.2, 0.25) is 0 Å². The number of amides is 1. The number of para-hydroxylation sites is 2. The van der Waals surface area contributed by atoms with Crippen LogP contribution in [0.15, 0.2) is 53.4 Å². The number of imidazole rings is 1. The molecular weight excluding hydrogens is 478 g/mol. The van der Waals surface area contributed by atoms with Gasteiger partial charge in [-0.1, -0.05) is 89.0 Å². The number of aromatic amines is 1. The number of methoxy groups -OCH3 is 1. The van der Waals surface area contributed by atoms with E-state index in [4.69, 9.17) is 4.55 Å². The molecule has 1 heterocycles. The molecule has 0 bridgehead atoms. The highest BCUT2D eigenvalue weighted by atomic mass is 32.2. The van der Waals surface area contributed by atoms with E-state index in [9.17, 15) is 13.2 Å². The number of aromatic nitrogens is 2. The minimum atomic E-state index is -4.06. The van der Waals surface area contributed by atoms with Gasteiger partial charge >= 0.3 is 6.09 Å². The number of benzene rings is 2. The SMILES string of the molecule is CCCCCCCCCCCCc1ccc(S(=O)(=O)O)cc1.COC(=O)Nc1nc2ccccc2[nH]1. The van der Waals surface area contributed by atoms with E-state index in [1.54, 1.807) is 12.1 Å². The monoisotopic (exact) mass is 517 g/mol. The lowest BCUT2D eigenvalue weighted by Crippen LogP contribution is -2.11. The Morgan fingerprint density at radius 3 is 2.06 bits per heavy atom. The molecule has 8 nitrogen and oxygen atoms in total. The number of anilines is 1. The quantitative estimate of drug-likeness (QED) is 0.164. The third-order valence-electron chi connectivity index (χ3n) is 5.84. The molecule has 3 N–H and O–H groups in total. The number of hydrogen-bond donors (Lipinski definition) is 3. The summed E-state index contributed by atoms with van der Waals surface area (Å²) in [6, 6.07) is 14.0. The topological polar surface area (TPSA) is 121 Å². The number of aryl methyl sites for hydroxylation is 1. The van der Waals surface area contributed by atoms with E-state index in [0.717, 1.165) is 29.4 Å². The van der Waals surface area contributed by atoms with Crippen molar-refractivity contribution < 1.29 is 22.5 Å². The van der Waals surface area contributed by atoms with Crippen molar-refractivity contribution in [1.29, 1.82) is 0 Å². The number of hydrogen-bond acceptors (Lipinski definition) is 5. The lowest BCUT2D eigenvalue weighted by molar-refractivity contribution is 0.186. The second-order valence-corrected chi connectivity index (χ2v) is 10.2. The summed E-state index contributed by atoms with van der Waals surface area (Å²) in [7, 11) is -2.76. The van der Waals surface area contributed by atoms with Crippen LogP contribution in [-0.2, 0) is 21.3 Å². The molecule has 0 saturated heterocycles. The van der Waals surface area contributed by atoms with Crippen LogP contribution < -0.4 is 5.32 Å². The minimum absolute atomic E-state index is 0.0284. The van der Waals surface area contributed by atoms with E-state index in [1.165, 1.54) is 77.0 Å². The number of nitrogens with one attached hydrogen (secondary N) is 2. The van der Waals surface area contributed by atoms with Crippen LogP contribution in [0.5, 0.6) is 0 Å². The summed E-state index contributed by atoms with van der Waals surface area (Å²) in [5.41, 5.74) is 2.81. The van der Waals surface area contributed by atoms with Gasteiger partial charge in [-0.3, -0.25) is 9.87 Å². The zero-order valence-corrected chi connectivity index (χ0v) is 22.1. The van der Waals surface area contributed by atoms with E-state index < -0.39 is 16.2 Å². The van der Waals surface area contributed by atoms with Crippen molar-refractivity contribution in [2.45, 2.75) is 82.4 Å². The first kappa shape index (κ1) is 29.3. The van der Waals surface area contributed by atoms with Crippen LogP contribution in [0.25, 0.3) is 11.0 Å². The standard InChI is InChI=1S/C18H30O3S.C9H9N3O2/c1-2-3-4-5-6-7-8-9-10-11-12-17-13-15-18(16-14-17)22(19,20)21;1-14-9(13)12-8-10-6-4-2-3-5-7(6)11-8/h13-16H,2-12H2,1H3,(H,19,20,21);2-5H,1H3,(H2,10,11,12,13). The molecule has 1 aromatic heterocycles. The van der Waals surface area contributed by atoms with Crippen molar-refractivity contribution in [2.75, 3.05) is 12.4 Å². The summed E-state index contributed by atoms with van der Waals surface area (Å²) in [4.78, 5) is 17.9. The average molecular weight is 518 g/mol. The van der Waals surface area contributed by atoms with Crippen LogP contribution in [0, 0.1) is 0 Å². The van der Waals surface area contributed by atoms with Crippen molar-refractivity contribution in [2.24, 2.45) is 0 Å². The van der Waals surface area contributed by atoms with Gasteiger partial charge in [-0.05, 0) is 42.7 Å². The second-order valence-electron chi connectivity index (χ2n) is 8.77. The van der Waals surface area contributed by atoms with Gasteiger partial charge in [0, 0.05) is 0 Å². The number of nitrogens with zero attached hydrogens (tertiary/aromatic N) is 1. The Bertz CT molecular complexity index is 1110. The van der Waals surface area contributed by atoms with Gasteiger partial charge in [0.1, 0.15) is 0 Å². The number of carbonyl (C=O) groups is 1. The van der Waals surface area contributed by atoms with Crippen LogP contribution in [0.3, 0.4) is 0 Å². The molecule has 0 aliphatic rings. The Balaban J connectivity index is 0.000000278. The number of rotatable bonds is 13. The molecule has 1 amide bonds. The number of carbonyl (C=O) groups excluding carboxylic acids is 1. The fourth-order valence-corrected chi connectivity index (χ4v) is 4.28. The third kappa shape index (κ3) is 11.2. The van der Waals surface area contributed by atoms with Gasteiger partial charge in [-0.25, -0.2) is 9.78 Å². The van der Waals surface area contributed by atoms with Crippen molar-refractivity contribution in [3.05, 3.63) is 54.1 Å². The molecule has 198 valence electrons. The highest BCUT2D eigenvalue weighted by Crippen LogP contribution is 2.15. The maximum absolute atomic E-state index is 10.9. The molecule has 0 saturated carbocycles. The molecule has 0 atom stereocenters. The Hall–Kier alpha value is -2.91. The van der Waals surface area contributed by atoms with E-state index in [0.29, 0.717) is 5.95 Å². The second kappa shape index (κ2) is 16.0. The molecule has 36 heavy (non-hydrogen) atoms. The predicted molar refractivity (Wildman–Crippen MR) is 144 cm³/mol. The van der Waals surface area contributed by atoms with Crippen LogP contribution in [0.1, 0.15) is 76.7 Å². The summed E-state index contributed by atoms with van der Waals surface area (Å²) >= 11 is 0. The number of ether oxygens (including phenoxy) is 1. The van der Waals surface area contributed by atoms with Crippen molar-refractivity contribution in [1.82, 2.24) is 9.97 Å². The van der Waals surface area contributed by atoms with Crippen LogP contribution >= 0.6 is 0 Å². The zero-order chi connectivity index (χ0) is 26.2. The first-order valence-corrected chi connectivity index (χ1v) is 14.1. The van der Waals surface area contributed by atoms with Crippen LogP contribution in [-0.4, -0.2) is 36.1 Å². The summed E-state index contributed by atoms with van der Waals surface area (Å²) in [6.07, 6.45) is 13.6. The van der Waals surface area contributed by atoms with E-state index in [-0.39, 0.29) is 4.90 Å². The van der Waals surface area contributed by atoms with Crippen molar-refractivity contribution in [3.8, 4) is 0 Å². The normalized spacial score (nSPS) is 11.1. The molecule has 0 spiro atoms. The highest BCUT2D eigenvalue weighted by molar-refractivity contribution is 7.85. The molecule has 9 heteroatoms. The van der Waals surface area contributed by atoms with Gasteiger partial charge in [-0.2, -0.15) is 8.42 Å². The predicted octanol–water partition coefficient (Wildman–Crippen LogP) is 7.14. The lowest BCUT2D eigenvalue weighted by Gasteiger charge is -2.04. The molecule has 0 aliphatic carbocycles. The zero-order valence-electron chi connectivity index (χ0n) is 21.3. The maximum atomic E-state index is 10.9. The number of unbranched alkanes of at least 4 members (excludes halogenated alkanes) is 9. The van der Waals surface area contributed by atoms with Crippen LogP contribution in [0.4, 0.5) is 10.7 Å². The van der Waals surface area contributed by atoms with E-state index in [2.05, 4.69) is 26.9 Å². The van der Waals surface area contributed by atoms with Crippen molar-refractivity contribution >= 4 is 33.2 Å². The Kier molecular flexibility index (Phi) is 13.0. The highest BCUT2D eigenvalue weighted by Gasteiger charge is 2.08. The van der Waals surface area contributed by atoms with E-state index >= 15 is 0 Å². The molecule has 3 aromatic rings. The third-order valence-corrected chi connectivity index (χ3v) is 6.70. The molecule has 0 unspecified atom stereocenters. The summed E-state index contributed by atoms with van der Waals surface area (Å²) < 4.78 is 35.2. The van der Waals surface area contributed by atoms with Gasteiger partial charge in [0.05, 0.1) is 23.0 Å². The lowest BCUT2D eigenvalue weighted by atomic mass is 10.0. The first-order chi connectivity index (χ1) is 17.3. The van der Waals surface area contributed by atoms with E-state index in [1.807, 2.05) is 24.3 Å². The molecular formula is C27H39N3O5S. The smallest absolute Gasteiger partial charge is 0.413 e. The summed E-state index contributed by atoms with van der Waals surface area (Å²) in [6.45, 7) is 2.25. The Morgan fingerprint density at radius 1 is 0.917 bits per heavy atom. The van der Waals surface area contributed by atoms with Crippen molar-refractivity contribution in [3.63, 3.8) is 0 Å². The van der Waals surface area contributed by atoms with Gasteiger partial charge in [-0.15, -0.1) is 0 Å². The van der Waals surface area contributed by atoms with Gasteiger partial charge < -0.3 is 9.72 Å². The Morgan fingerprint density at radius 2 is 1.50 bits per heavy atom. The average Bonchev–Trinajstić information content (AvgIpc) is 3.27. The largest absolute Gasteiger partial charge is 0.453 e. The summed E-state index contributed by atoms with van der Waals surface area (Å²) in [5, 5.41) is 2.45. The molecule has 0 aliphatic heterocycles. The molecule has 3 rings (SSSR count). The molecule has 0 radical (unpaired) electrons. The maximum Gasteiger partial charge on any atom is 0.413 e. The fraction of sp³-hybridized carbons (Fsp3) is 0.481. The minimum Gasteiger partial charge on any atom is -0.453 e.